The SMILES string of the molecule is CC[C@H](C)C(=O)O[C@H]1C[C@@H](C)C=C2C=C[C@H](C)[C@H](CC[C@@H]3C[C@H](CC(=O)NC)N(Cc4ccc(C(=O)O)cc4)C(=O)O3)[C@H]21. The van der Waals surface area contributed by atoms with Gasteiger partial charge in [0.05, 0.1) is 11.5 Å². The molecule has 2 amide bonds. The van der Waals surface area contributed by atoms with Crippen molar-refractivity contribution in [2.75, 3.05) is 7.05 Å². The third-order valence-electron chi connectivity index (χ3n) is 9.43. The highest BCUT2D eigenvalue weighted by molar-refractivity contribution is 5.87. The summed E-state index contributed by atoms with van der Waals surface area (Å²) < 4.78 is 12.1. The highest BCUT2D eigenvalue weighted by atomic mass is 16.6. The number of amides is 2. The molecular weight excluding hydrogens is 548 g/mol. The maximum absolute atomic E-state index is 13.3. The number of ether oxygens (including phenoxy) is 2. The fourth-order valence-electron chi connectivity index (χ4n) is 6.70. The Morgan fingerprint density at radius 3 is 2.51 bits per heavy atom. The normalized spacial score (nSPS) is 29.1. The number of cyclic esters (lactones) is 1. The van der Waals surface area contributed by atoms with Gasteiger partial charge in [-0.1, -0.05) is 58.1 Å². The van der Waals surface area contributed by atoms with Crippen molar-refractivity contribution in [3.05, 3.63) is 59.2 Å². The molecule has 0 saturated carbocycles. The van der Waals surface area contributed by atoms with Crippen LogP contribution >= 0.6 is 0 Å². The van der Waals surface area contributed by atoms with E-state index in [-0.39, 0.29) is 72.3 Å². The van der Waals surface area contributed by atoms with Gasteiger partial charge in [-0.3, -0.25) is 9.59 Å². The number of carbonyl (C=O) groups is 4. The number of aromatic carboxylic acids is 1. The molecule has 1 heterocycles. The quantitative estimate of drug-likeness (QED) is 0.313. The first-order chi connectivity index (χ1) is 20.5. The molecule has 43 heavy (non-hydrogen) atoms. The predicted molar refractivity (Wildman–Crippen MR) is 162 cm³/mol. The number of carboxylic acid groups (broad SMARTS) is 1. The number of benzene rings is 1. The summed E-state index contributed by atoms with van der Waals surface area (Å²) in [6, 6.07) is 6.01. The van der Waals surface area contributed by atoms with Crippen molar-refractivity contribution >= 4 is 23.9 Å². The molecule has 0 bridgehead atoms. The van der Waals surface area contributed by atoms with E-state index in [1.165, 1.54) is 17.7 Å². The van der Waals surface area contributed by atoms with Crippen LogP contribution in [0.1, 0.15) is 82.1 Å². The van der Waals surface area contributed by atoms with Crippen molar-refractivity contribution in [3.8, 4) is 0 Å². The fourth-order valence-corrected chi connectivity index (χ4v) is 6.70. The Labute approximate surface area is 254 Å². The second-order valence-electron chi connectivity index (χ2n) is 12.6. The third-order valence-corrected chi connectivity index (χ3v) is 9.43. The van der Waals surface area contributed by atoms with Crippen molar-refractivity contribution in [2.24, 2.45) is 29.6 Å². The van der Waals surface area contributed by atoms with Gasteiger partial charge in [0.15, 0.2) is 0 Å². The second kappa shape index (κ2) is 14.2. The molecule has 9 heteroatoms. The molecule has 1 fully saturated rings. The molecule has 0 aromatic heterocycles. The number of carbonyl (C=O) groups excluding carboxylic acids is 3. The summed E-state index contributed by atoms with van der Waals surface area (Å²) in [5.41, 5.74) is 2.15. The molecule has 0 spiro atoms. The van der Waals surface area contributed by atoms with Gasteiger partial charge in [-0.2, -0.15) is 0 Å². The first kappa shape index (κ1) is 32.3. The third kappa shape index (κ3) is 7.86. The van der Waals surface area contributed by atoms with E-state index < -0.39 is 12.1 Å². The molecule has 234 valence electrons. The monoisotopic (exact) mass is 594 g/mol. The number of hydrogen-bond donors (Lipinski definition) is 2. The smallest absolute Gasteiger partial charge is 0.410 e. The van der Waals surface area contributed by atoms with Gasteiger partial charge < -0.3 is 24.8 Å². The van der Waals surface area contributed by atoms with Gasteiger partial charge in [0.1, 0.15) is 12.2 Å². The molecule has 1 saturated heterocycles. The van der Waals surface area contributed by atoms with E-state index in [1.54, 1.807) is 24.1 Å². The molecule has 9 nitrogen and oxygen atoms in total. The van der Waals surface area contributed by atoms with E-state index >= 15 is 0 Å². The van der Waals surface area contributed by atoms with E-state index in [1.807, 2.05) is 13.8 Å². The van der Waals surface area contributed by atoms with Crippen LogP contribution < -0.4 is 5.32 Å². The van der Waals surface area contributed by atoms with E-state index in [9.17, 15) is 24.3 Å². The lowest BCUT2D eigenvalue weighted by molar-refractivity contribution is -0.158. The fraction of sp³-hybridized carbons (Fsp3) is 0.588. The largest absolute Gasteiger partial charge is 0.478 e. The van der Waals surface area contributed by atoms with Crippen LogP contribution in [-0.4, -0.2) is 59.2 Å². The number of carboxylic acids is 1. The van der Waals surface area contributed by atoms with Gasteiger partial charge in [-0.05, 0) is 66.7 Å². The van der Waals surface area contributed by atoms with Crippen LogP contribution in [0.4, 0.5) is 4.79 Å². The first-order valence-electron chi connectivity index (χ1n) is 15.6. The number of fused-ring (bicyclic) bond motifs is 1. The first-order valence-corrected chi connectivity index (χ1v) is 15.6. The lowest BCUT2D eigenvalue weighted by Gasteiger charge is -2.44. The van der Waals surface area contributed by atoms with Crippen molar-refractivity contribution < 1.29 is 33.8 Å². The van der Waals surface area contributed by atoms with E-state index in [0.29, 0.717) is 18.8 Å². The van der Waals surface area contributed by atoms with Crippen molar-refractivity contribution in [1.82, 2.24) is 10.2 Å². The molecule has 2 aliphatic carbocycles. The van der Waals surface area contributed by atoms with Crippen LogP contribution in [-0.2, 0) is 25.6 Å². The molecule has 1 aromatic rings. The number of nitrogens with zero attached hydrogens (tertiary/aromatic N) is 1. The van der Waals surface area contributed by atoms with Crippen LogP contribution in [0.5, 0.6) is 0 Å². The van der Waals surface area contributed by atoms with Crippen molar-refractivity contribution in [2.45, 2.75) is 91.0 Å². The average Bonchev–Trinajstić information content (AvgIpc) is 2.98. The molecule has 2 N–H and O–H groups in total. The van der Waals surface area contributed by atoms with E-state index in [2.05, 4.69) is 37.4 Å². The molecule has 0 radical (unpaired) electrons. The molecule has 1 aliphatic heterocycles. The Hall–Kier alpha value is -3.62. The maximum atomic E-state index is 13.3. The van der Waals surface area contributed by atoms with Crippen LogP contribution in [0, 0.1) is 29.6 Å². The molecule has 0 unspecified atom stereocenters. The van der Waals surface area contributed by atoms with Crippen LogP contribution in [0.15, 0.2) is 48.1 Å². The summed E-state index contributed by atoms with van der Waals surface area (Å²) in [4.78, 5) is 51.4. The van der Waals surface area contributed by atoms with Gasteiger partial charge in [0, 0.05) is 38.4 Å². The lowest BCUT2D eigenvalue weighted by Crippen LogP contribution is -2.50. The molecule has 1 aromatic carbocycles. The minimum absolute atomic E-state index is 0.0930. The minimum Gasteiger partial charge on any atom is -0.478 e. The summed E-state index contributed by atoms with van der Waals surface area (Å²) in [6.45, 7) is 8.48. The Bertz CT molecular complexity index is 1240. The highest BCUT2D eigenvalue weighted by Crippen LogP contribution is 2.45. The number of rotatable bonds is 11. The Balaban J connectivity index is 1.47. The predicted octanol–water partition coefficient (Wildman–Crippen LogP) is 5.74. The van der Waals surface area contributed by atoms with Gasteiger partial charge in [-0.15, -0.1) is 0 Å². The Kier molecular flexibility index (Phi) is 10.7. The summed E-state index contributed by atoms with van der Waals surface area (Å²) in [5.74, 6) is -0.558. The molecule has 8 atom stereocenters. The zero-order valence-electron chi connectivity index (χ0n) is 26.0. The Morgan fingerprint density at radius 1 is 1.14 bits per heavy atom. The van der Waals surface area contributed by atoms with E-state index in [0.717, 1.165) is 24.8 Å². The summed E-state index contributed by atoms with van der Waals surface area (Å²) >= 11 is 0. The van der Waals surface area contributed by atoms with Gasteiger partial charge in [-0.25, -0.2) is 9.59 Å². The van der Waals surface area contributed by atoms with Crippen LogP contribution in [0.3, 0.4) is 0 Å². The topological polar surface area (TPSA) is 122 Å². The summed E-state index contributed by atoms with van der Waals surface area (Å²) in [6.07, 6.45) is 9.35. The standard InChI is InChI=1S/C34H46N2O7/c1-6-21(3)33(40)43-29-16-20(2)15-25-10-7-22(4)28(31(25)29)14-13-27-17-26(18-30(37)35-5)36(34(41)42-27)19-23-8-11-24(12-9-23)32(38)39/h7-12,15,20-22,26-29,31H,6,13-14,16-19H2,1-5H3,(H,35,37)(H,38,39)/t20-,21-,22-,26+,27+,28-,29-,31-/m0/s1. The minimum atomic E-state index is -1.02. The number of esters is 1. The number of hydrogen-bond acceptors (Lipinski definition) is 6. The second-order valence-corrected chi connectivity index (χ2v) is 12.6. The van der Waals surface area contributed by atoms with Gasteiger partial charge >= 0.3 is 18.0 Å². The van der Waals surface area contributed by atoms with Gasteiger partial charge in [0.25, 0.3) is 0 Å². The number of allylic oxidation sites excluding steroid dienone is 3. The Morgan fingerprint density at radius 2 is 1.86 bits per heavy atom. The lowest BCUT2D eigenvalue weighted by atomic mass is 9.65. The van der Waals surface area contributed by atoms with E-state index in [4.69, 9.17) is 9.47 Å². The molecule has 4 rings (SSSR count). The van der Waals surface area contributed by atoms with Crippen LogP contribution in [0.2, 0.25) is 0 Å². The molecule has 3 aliphatic rings. The zero-order chi connectivity index (χ0) is 31.3. The summed E-state index contributed by atoms with van der Waals surface area (Å²) in [5, 5.41) is 11.9. The van der Waals surface area contributed by atoms with Crippen LogP contribution in [0.25, 0.3) is 0 Å². The van der Waals surface area contributed by atoms with Crippen molar-refractivity contribution in [3.63, 3.8) is 0 Å². The summed E-state index contributed by atoms with van der Waals surface area (Å²) in [7, 11) is 1.58. The highest BCUT2D eigenvalue weighted by Gasteiger charge is 2.43. The molecular formula is C34H46N2O7. The van der Waals surface area contributed by atoms with Gasteiger partial charge in [0.2, 0.25) is 5.91 Å². The van der Waals surface area contributed by atoms with Crippen molar-refractivity contribution in [1.29, 1.82) is 0 Å². The average molecular weight is 595 g/mol. The number of nitrogens with one attached hydrogen (secondary N) is 1. The maximum Gasteiger partial charge on any atom is 0.410 e. The zero-order valence-corrected chi connectivity index (χ0v) is 26.0.